The maximum Gasteiger partial charge on any atom is -0.00474 e. The van der Waals surface area contributed by atoms with E-state index in [1.807, 2.05) is 0 Å². The van der Waals surface area contributed by atoms with Crippen molar-refractivity contribution in [2.24, 2.45) is 0 Å². The fourth-order valence-corrected chi connectivity index (χ4v) is 5.15. The van der Waals surface area contributed by atoms with E-state index in [9.17, 15) is 0 Å². The molecule has 0 radical (unpaired) electrons. The summed E-state index contributed by atoms with van der Waals surface area (Å²) in [6.45, 7) is 10.1. The molecule has 3 aromatic carbocycles. The van der Waals surface area contributed by atoms with E-state index in [1.165, 1.54) is 35.5 Å². The lowest BCUT2D eigenvalue weighted by atomic mass is 10.4. The van der Waals surface area contributed by atoms with Gasteiger partial charge in [0.05, 0.1) is 0 Å². The summed E-state index contributed by atoms with van der Waals surface area (Å²) < 4.78 is 0. The van der Waals surface area contributed by atoms with Crippen molar-refractivity contribution in [1.82, 2.24) is 4.90 Å². The maximum absolute atomic E-state index is 2.38. The minimum absolute atomic E-state index is 0.446. The van der Waals surface area contributed by atoms with Crippen LogP contribution in [-0.2, 0) is 0 Å². The van der Waals surface area contributed by atoms with Crippen LogP contribution in [0.2, 0.25) is 0 Å². The third-order valence-electron chi connectivity index (χ3n) is 4.38. The summed E-state index contributed by atoms with van der Waals surface area (Å²) in [6.07, 6.45) is 0. The Labute approximate surface area is 160 Å². The molecule has 0 saturated heterocycles. The molecule has 0 unspecified atom stereocenters. The first kappa shape index (κ1) is 20.4. The molecular formula is C24H30NP. The van der Waals surface area contributed by atoms with Crippen LogP contribution in [0.15, 0.2) is 91.0 Å². The fraction of sp³-hybridized carbons (Fsp3) is 0.250. The zero-order valence-corrected chi connectivity index (χ0v) is 17.1. The summed E-state index contributed by atoms with van der Waals surface area (Å²) in [7, 11) is -0.446. The van der Waals surface area contributed by atoms with Crippen LogP contribution in [0, 0.1) is 0 Å². The van der Waals surface area contributed by atoms with Gasteiger partial charge in [-0.05, 0) is 43.5 Å². The van der Waals surface area contributed by atoms with E-state index in [1.54, 1.807) is 0 Å². The lowest BCUT2D eigenvalue weighted by molar-refractivity contribution is 0.321. The first-order chi connectivity index (χ1) is 12.8. The van der Waals surface area contributed by atoms with Gasteiger partial charge in [-0.3, -0.25) is 0 Å². The van der Waals surface area contributed by atoms with Gasteiger partial charge < -0.3 is 4.90 Å². The Morgan fingerprint density at radius 1 is 0.500 bits per heavy atom. The lowest BCUT2D eigenvalue weighted by Crippen LogP contribution is -2.21. The van der Waals surface area contributed by atoms with E-state index in [0.717, 1.165) is 0 Å². The van der Waals surface area contributed by atoms with Crippen LogP contribution >= 0.6 is 7.92 Å². The topological polar surface area (TPSA) is 3.24 Å². The molecule has 0 N–H and O–H groups in total. The molecule has 1 nitrogen and oxygen atoms in total. The van der Waals surface area contributed by atoms with E-state index in [0.29, 0.717) is 0 Å². The van der Waals surface area contributed by atoms with Crippen LogP contribution < -0.4 is 15.9 Å². The third kappa shape index (κ3) is 6.09. The van der Waals surface area contributed by atoms with Crippen LogP contribution in [0.5, 0.6) is 0 Å². The van der Waals surface area contributed by atoms with E-state index in [4.69, 9.17) is 0 Å². The maximum atomic E-state index is 2.38. The molecule has 2 heteroatoms. The van der Waals surface area contributed by atoms with Crippen molar-refractivity contribution in [3.63, 3.8) is 0 Å². The Kier molecular flexibility index (Phi) is 9.10. The zero-order chi connectivity index (χ0) is 18.6. The van der Waals surface area contributed by atoms with Crippen molar-refractivity contribution in [1.29, 1.82) is 0 Å². The standard InChI is InChI=1S/C18H15P.C6H15N/c1-4-10-16(11-5-1)19(17-12-6-2-7-13-17)18-14-8-3-9-15-18;1-4-7(5-2)6-3/h1-15H;4-6H2,1-3H3. The number of rotatable bonds is 6. The number of benzene rings is 3. The van der Waals surface area contributed by atoms with Gasteiger partial charge in [0.2, 0.25) is 0 Å². The Balaban J connectivity index is 0.000000298. The molecule has 0 aliphatic rings. The molecule has 3 rings (SSSR count). The van der Waals surface area contributed by atoms with Crippen LogP contribution in [0.25, 0.3) is 0 Å². The number of nitrogens with zero attached hydrogens (tertiary/aromatic N) is 1. The molecule has 0 aliphatic carbocycles. The molecule has 0 saturated carbocycles. The van der Waals surface area contributed by atoms with Crippen molar-refractivity contribution >= 4 is 23.8 Å². The summed E-state index contributed by atoms with van der Waals surface area (Å²) in [4.78, 5) is 2.38. The zero-order valence-electron chi connectivity index (χ0n) is 16.2. The molecule has 0 bridgehead atoms. The molecule has 0 aliphatic heterocycles. The largest absolute Gasteiger partial charge is 0.304 e. The summed E-state index contributed by atoms with van der Waals surface area (Å²) in [5.74, 6) is 0. The molecule has 0 spiro atoms. The fourth-order valence-electron chi connectivity index (χ4n) is 2.85. The SMILES string of the molecule is CCN(CC)CC.c1ccc(P(c2ccccc2)c2ccccc2)cc1. The summed E-state index contributed by atoms with van der Waals surface area (Å²) in [6, 6.07) is 32.3. The smallest absolute Gasteiger partial charge is 0.00474 e. The van der Waals surface area contributed by atoms with Crippen LogP contribution in [0.3, 0.4) is 0 Å². The molecule has 3 aromatic rings. The predicted octanol–water partition coefficient (Wildman–Crippen LogP) is 4.79. The molecule has 0 fully saturated rings. The van der Waals surface area contributed by atoms with Gasteiger partial charge in [-0.1, -0.05) is 112 Å². The van der Waals surface area contributed by atoms with Gasteiger partial charge in [-0.2, -0.15) is 0 Å². The monoisotopic (exact) mass is 363 g/mol. The van der Waals surface area contributed by atoms with E-state index in [-0.39, 0.29) is 0 Å². The van der Waals surface area contributed by atoms with Crippen molar-refractivity contribution < 1.29 is 0 Å². The lowest BCUT2D eigenvalue weighted by Gasteiger charge is -2.18. The second-order valence-corrected chi connectivity index (χ2v) is 8.18. The van der Waals surface area contributed by atoms with Gasteiger partial charge in [0.25, 0.3) is 0 Å². The third-order valence-corrected chi connectivity index (χ3v) is 6.83. The first-order valence-corrected chi connectivity index (χ1v) is 10.8. The van der Waals surface area contributed by atoms with Crippen LogP contribution in [-0.4, -0.2) is 24.5 Å². The highest BCUT2D eigenvalue weighted by Crippen LogP contribution is 2.32. The van der Waals surface area contributed by atoms with Gasteiger partial charge in [0.1, 0.15) is 0 Å². The van der Waals surface area contributed by atoms with Crippen LogP contribution in [0.4, 0.5) is 0 Å². The van der Waals surface area contributed by atoms with Gasteiger partial charge in [0.15, 0.2) is 0 Å². The van der Waals surface area contributed by atoms with Crippen molar-refractivity contribution in [2.45, 2.75) is 20.8 Å². The molecular weight excluding hydrogens is 333 g/mol. The molecule has 0 heterocycles. The highest BCUT2D eigenvalue weighted by molar-refractivity contribution is 7.79. The second-order valence-electron chi connectivity index (χ2n) is 5.96. The number of hydrogen-bond donors (Lipinski definition) is 0. The Bertz CT molecular complexity index is 610. The van der Waals surface area contributed by atoms with Gasteiger partial charge in [-0.15, -0.1) is 0 Å². The summed E-state index contributed by atoms with van der Waals surface area (Å²) >= 11 is 0. The van der Waals surface area contributed by atoms with Gasteiger partial charge >= 0.3 is 0 Å². The van der Waals surface area contributed by atoms with Crippen molar-refractivity contribution in [3.8, 4) is 0 Å². The summed E-state index contributed by atoms with van der Waals surface area (Å²) in [5, 5.41) is 4.19. The molecule has 0 atom stereocenters. The van der Waals surface area contributed by atoms with Crippen LogP contribution in [0.1, 0.15) is 20.8 Å². The average molecular weight is 363 g/mol. The molecule has 0 amide bonds. The van der Waals surface area contributed by atoms with E-state index >= 15 is 0 Å². The van der Waals surface area contributed by atoms with E-state index in [2.05, 4.69) is 117 Å². The minimum Gasteiger partial charge on any atom is -0.304 e. The quantitative estimate of drug-likeness (QED) is 0.569. The Morgan fingerprint density at radius 3 is 0.962 bits per heavy atom. The predicted molar refractivity (Wildman–Crippen MR) is 119 cm³/mol. The molecule has 26 heavy (non-hydrogen) atoms. The van der Waals surface area contributed by atoms with E-state index < -0.39 is 7.92 Å². The molecule has 136 valence electrons. The van der Waals surface area contributed by atoms with Crippen molar-refractivity contribution in [2.75, 3.05) is 19.6 Å². The average Bonchev–Trinajstić information content (AvgIpc) is 2.72. The highest BCUT2D eigenvalue weighted by Gasteiger charge is 2.14. The Morgan fingerprint density at radius 2 is 0.769 bits per heavy atom. The van der Waals surface area contributed by atoms with Gasteiger partial charge in [-0.25, -0.2) is 0 Å². The number of hydrogen-bond acceptors (Lipinski definition) is 1. The Hall–Kier alpha value is -1.95. The molecule has 0 aromatic heterocycles. The second kappa shape index (κ2) is 11.6. The first-order valence-electron chi connectivity index (χ1n) is 9.47. The normalized spacial score (nSPS) is 10.5. The summed E-state index contributed by atoms with van der Waals surface area (Å²) in [5.41, 5.74) is 0. The minimum atomic E-state index is -0.446. The highest BCUT2D eigenvalue weighted by atomic mass is 31.1. The van der Waals surface area contributed by atoms with Gasteiger partial charge in [0, 0.05) is 0 Å². The van der Waals surface area contributed by atoms with Crippen molar-refractivity contribution in [3.05, 3.63) is 91.0 Å².